The molecule has 0 heterocycles. The molecule has 1 amide bonds. The van der Waals surface area contributed by atoms with Crippen molar-refractivity contribution in [2.75, 3.05) is 5.73 Å². The van der Waals surface area contributed by atoms with Crippen LogP contribution in [0.3, 0.4) is 0 Å². The summed E-state index contributed by atoms with van der Waals surface area (Å²) in [6.45, 7) is -0.0998. The number of benzene rings is 2. The number of primary amides is 1. The zero-order valence-electron chi connectivity index (χ0n) is 10.7. The van der Waals surface area contributed by atoms with Gasteiger partial charge in [-0.3, -0.25) is 4.79 Å². The molecule has 0 bridgehead atoms. The van der Waals surface area contributed by atoms with Crippen LogP contribution in [0, 0.1) is 5.82 Å². The monoisotopic (exact) mass is 372 g/mol. The van der Waals surface area contributed by atoms with Crippen LogP contribution in [0.5, 0.6) is 5.75 Å². The average Bonchev–Trinajstić information content (AvgIpc) is 2.39. The highest BCUT2D eigenvalue weighted by molar-refractivity contribution is 9.10. The molecule has 0 aliphatic heterocycles. The molecule has 0 spiro atoms. The van der Waals surface area contributed by atoms with E-state index in [9.17, 15) is 9.18 Å². The second-order valence-electron chi connectivity index (χ2n) is 4.27. The Labute approximate surface area is 134 Å². The van der Waals surface area contributed by atoms with Crippen LogP contribution in [0.25, 0.3) is 0 Å². The van der Waals surface area contributed by atoms with Crippen LogP contribution in [-0.4, -0.2) is 5.91 Å². The standard InChI is InChI=1S/C14H11BrClFN2O2/c15-10-4-9(16)5-12(18)13(10)21-6-8-3-7(14(19)20)1-2-11(8)17/h1-5H,6,18H2,(H2,19,20). The fraction of sp³-hybridized carbons (Fsp3) is 0.0714. The Balaban J connectivity index is 2.24. The molecule has 110 valence electrons. The van der Waals surface area contributed by atoms with Crippen molar-refractivity contribution in [1.82, 2.24) is 0 Å². The SMILES string of the molecule is NC(=O)c1ccc(F)c(COc2c(N)cc(Cl)cc2Br)c1. The van der Waals surface area contributed by atoms with Crippen LogP contribution in [0.1, 0.15) is 15.9 Å². The van der Waals surface area contributed by atoms with Gasteiger partial charge < -0.3 is 16.2 Å². The minimum Gasteiger partial charge on any atom is -0.485 e. The first-order valence-corrected chi connectivity index (χ1v) is 7.01. The molecule has 0 saturated carbocycles. The number of rotatable bonds is 4. The Hall–Kier alpha value is -1.79. The Kier molecular flexibility index (Phi) is 4.69. The van der Waals surface area contributed by atoms with Crippen LogP contribution in [0.4, 0.5) is 10.1 Å². The molecule has 2 rings (SSSR count). The van der Waals surface area contributed by atoms with Gasteiger partial charge in [0.05, 0.1) is 10.2 Å². The third-order valence-corrected chi connectivity index (χ3v) is 3.55. The number of carbonyl (C=O) groups excluding carboxylic acids is 1. The van der Waals surface area contributed by atoms with Crippen molar-refractivity contribution in [3.05, 3.63) is 56.8 Å². The van der Waals surface area contributed by atoms with Crippen LogP contribution < -0.4 is 16.2 Å². The van der Waals surface area contributed by atoms with Crippen molar-refractivity contribution < 1.29 is 13.9 Å². The van der Waals surface area contributed by atoms with Gasteiger partial charge in [-0.05, 0) is 46.3 Å². The van der Waals surface area contributed by atoms with Gasteiger partial charge in [-0.25, -0.2) is 4.39 Å². The lowest BCUT2D eigenvalue weighted by Crippen LogP contribution is -2.12. The third kappa shape index (κ3) is 3.65. The van der Waals surface area contributed by atoms with E-state index < -0.39 is 11.7 Å². The van der Waals surface area contributed by atoms with E-state index in [1.165, 1.54) is 24.3 Å². The maximum absolute atomic E-state index is 13.7. The predicted molar refractivity (Wildman–Crippen MR) is 82.8 cm³/mol. The zero-order chi connectivity index (χ0) is 15.6. The minimum absolute atomic E-state index is 0.0998. The van der Waals surface area contributed by atoms with E-state index in [-0.39, 0.29) is 17.7 Å². The number of halogens is 3. The maximum atomic E-state index is 13.7. The van der Waals surface area contributed by atoms with E-state index in [0.29, 0.717) is 20.9 Å². The average molecular weight is 374 g/mol. The maximum Gasteiger partial charge on any atom is 0.248 e. The van der Waals surface area contributed by atoms with Crippen LogP contribution >= 0.6 is 27.5 Å². The summed E-state index contributed by atoms with van der Waals surface area (Å²) >= 11 is 9.11. The highest BCUT2D eigenvalue weighted by Gasteiger charge is 2.11. The van der Waals surface area contributed by atoms with Gasteiger partial charge in [0, 0.05) is 16.1 Å². The third-order valence-electron chi connectivity index (χ3n) is 2.74. The molecule has 0 fully saturated rings. The first-order valence-electron chi connectivity index (χ1n) is 5.84. The van der Waals surface area contributed by atoms with Gasteiger partial charge in [0.2, 0.25) is 5.91 Å². The van der Waals surface area contributed by atoms with E-state index in [4.69, 9.17) is 27.8 Å². The number of anilines is 1. The first-order chi connectivity index (χ1) is 9.88. The Morgan fingerprint density at radius 1 is 1.33 bits per heavy atom. The first kappa shape index (κ1) is 15.6. The molecule has 21 heavy (non-hydrogen) atoms. The molecule has 7 heteroatoms. The van der Waals surface area contributed by atoms with E-state index in [1.807, 2.05) is 0 Å². The Morgan fingerprint density at radius 3 is 2.67 bits per heavy atom. The summed E-state index contributed by atoms with van der Waals surface area (Å²) < 4.78 is 19.8. The molecule has 0 aliphatic rings. The van der Waals surface area contributed by atoms with Gasteiger partial charge in [-0.1, -0.05) is 11.6 Å². The molecule has 0 radical (unpaired) electrons. The normalized spacial score (nSPS) is 10.4. The zero-order valence-corrected chi connectivity index (χ0v) is 13.0. The molecule has 0 unspecified atom stereocenters. The molecular formula is C14H11BrClFN2O2. The lowest BCUT2D eigenvalue weighted by atomic mass is 10.1. The number of hydrogen-bond donors (Lipinski definition) is 2. The highest BCUT2D eigenvalue weighted by Crippen LogP contribution is 2.35. The summed E-state index contributed by atoms with van der Waals surface area (Å²) in [5.74, 6) is -0.782. The van der Waals surface area contributed by atoms with E-state index >= 15 is 0 Å². The van der Waals surface area contributed by atoms with Gasteiger partial charge in [-0.15, -0.1) is 0 Å². The second kappa shape index (κ2) is 6.32. The van der Waals surface area contributed by atoms with Gasteiger partial charge in [0.25, 0.3) is 0 Å². The largest absolute Gasteiger partial charge is 0.485 e. The van der Waals surface area contributed by atoms with Crippen molar-refractivity contribution in [3.8, 4) is 5.75 Å². The number of nitrogen functional groups attached to an aromatic ring is 1. The number of hydrogen-bond acceptors (Lipinski definition) is 3. The van der Waals surface area contributed by atoms with E-state index in [2.05, 4.69) is 15.9 Å². The highest BCUT2D eigenvalue weighted by atomic mass is 79.9. The Morgan fingerprint density at radius 2 is 2.05 bits per heavy atom. The number of amides is 1. The van der Waals surface area contributed by atoms with Crippen molar-refractivity contribution in [2.24, 2.45) is 5.73 Å². The number of ether oxygens (including phenoxy) is 1. The van der Waals surface area contributed by atoms with E-state index in [0.717, 1.165) is 0 Å². The predicted octanol–water partition coefficient (Wildman–Crippen LogP) is 3.50. The lowest BCUT2D eigenvalue weighted by molar-refractivity contribution is 0.1000. The van der Waals surface area contributed by atoms with Gasteiger partial charge in [-0.2, -0.15) is 0 Å². The van der Waals surface area contributed by atoms with Gasteiger partial charge >= 0.3 is 0 Å². The van der Waals surface area contributed by atoms with Crippen molar-refractivity contribution in [2.45, 2.75) is 6.61 Å². The van der Waals surface area contributed by atoms with E-state index in [1.54, 1.807) is 6.07 Å². The molecule has 2 aromatic rings. The molecule has 0 aromatic heterocycles. The molecule has 0 aliphatic carbocycles. The van der Waals surface area contributed by atoms with Crippen molar-refractivity contribution >= 4 is 39.1 Å². The van der Waals surface area contributed by atoms with Crippen LogP contribution in [-0.2, 0) is 6.61 Å². The number of carbonyl (C=O) groups is 1. The number of nitrogens with two attached hydrogens (primary N) is 2. The quantitative estimate of drug-likeness (QED) is 0.805. The summed E-state index contributed by atoms with van der Waals surface area (Å²) in [5, 5.41) is 0.452. The van der Waals surface area contributed by atoms with Crippen LogP contribution in [0.15, 0.2) is 34.8 Å². The summed E-state index contributed by atoms with van der Waals surface area (Å²) in [6.07, 6.45) is 0. The molecule has 2 aromatic carbocycles. The van der Waals surface area contributed by atoms with Gasteiger partial charge in [0.1, 0.15) is 12.4 Å². The topological polar surface area (TPSA) is 78.3 Å². The fourth-order valence-electron chi connectivity index (χ4n) is 1.72. The molecule has 4 nitrogen and oxygen atoms in total. The minimum atomic E-state index is -0.636. The molecular weight excluding hydrogens is 363 g/mol. The van der Waals surface area contributed by atoms with Crippen molar-refractivity contribution in [1.29, 1.82) is 0 Å². The van der Waals surface area contributed by atoms with Crippen molar-refractivity contribution in [3.63, 3.8) is 0 Å². The van der Waals surface area contributed by atoms with Gasteiger partial charge in [0.15, 0.2) is 5.75 Å². The second-order valence-corrected chi connectivity index (χ2v) is 5.56. The smallest absolute Gasteiger partial charge is 0.248 e. The Bertz CT molecular complexity index is 686. The summed E-state index contributed by atoms with van der Waals surface area (Å²) in [5.41, 5.74) is 11.7. The lowest BCUT2D eigenvalue weighted by Gasteiger charge is -2.12. The summed E-state index contributed by atoms with van der Waals surface area (Å²) in [4.78, 5) is 11.1. The van der Waals surface area contributed by atoms with Crippen LogP contribution in [0.2, 0.25) is 5.02 Å². The summed E-state index contributed by atoms with van der Waals surface area (Å²) in [6, 6.07) is 6.96. The fourth-order valence-corrected chi connectivity index (χ4v) is 2.67. The molecule has 0 atom stereocenters. The summed E-state index contributed by atoms with van der Waals surface area (Å²) in [7, 11) is 0. The molecule has 0 saturated heterocycles. The molecule has 4 N–H and O–H groups in total.